The molecule has 0 bridgehead atoms. The second-order valence-electron chi connectivity index (χ2n) is 7.52. The zero-order chi connectivity index (χ0) is 23.2. The van der Waals surface area contributed by atoms with Gasteiger partial charge in [-0.15, -0.1) is 0 Å². The van der Waals surface area contributed by atoms with E-state index >= 15 is 0 Å². The number of fused-ring (bicyclic) bond motifs is 1. The van der Waals surface area contributed by atoms with Gasteiger partial charge in [0.15, 0.2) is 5.65 Å². The molecular weight excluding hydrogens is 445 g/mol. The Balaban J connectivity index is 1.68. The minimum absolute atomic E-state index is 0.00308. The first-order chi connectivity index (χ1) is 15.0. The summed E-state index contributed by atoms with van der Waals surface area (Å²) in [7, 11) is 0. The van der Waals surface area contributed by atoms with E-state index in [1.165, 1.54) is 16.9 Å². The van der Waals surface area contributed by atoms with Crippen LogP contribution in [-0.2, 0) is 6.18 Å². The quantitative estimate of drug-likeness (QED) is 0.438. The van der Waals surface area contributed by atoms with Gasteiger partial charge in [-0.05, 0) is 45.0 Å². The summed E-state index contributed by atoms with van der Waals surface area (Å²) in [4.78, 5) is 17.2. The van der Waals surface area contributed by atoms with Crippen LogP contribution in [0.15, 0.2) is 42.7 Å². The molecule has 0 aliphatic rings. The van der Waals surface area contributed by atoms with Gasteiger partial charge in [-0.2, -0.15) is 23.4 Å². The third kappa shape index (κ3) is 4.05. The molecule has 32 heavy (non-hydrogen) atoms. The highest BCUT2D eigenvalue weighted by molar-refractivity contribution is 6.32. The number of rotatable bonds is 4. The molecule has 3 aromatic heterocycles. The molecule has 11 heteroatoms. The van der Waals surface area contributed by atoms with Gasteiger partial charge < -0.3 is 5.32 Å². The number of hydrogen-bond acceptors (Lipinski definition) is 4. The Morgan fingerprint density at radius 2 is 1.91 bits per heavy atom. The van der Waals surface area contributed by atoms with Crippen molar-refractivity contribution in [2.24, 2.45) is 0 Å². The molecule has 4 aromatic rings. The van der Waals surface area contributed by atoms with Crippen LogP contribution in [0.2, 0.25) is 5.02 Å². The van der Waals surface area contributed by atoms with Crippen molar-refractivity contribution in [1.82, 2.24) is 24.5 Å². The van der Waals surface area contributed by atoms with Crippen molar-refractivity contribution < 1.29 is 18.0 Å². The number of anilines is 1. The lowest BCUT2D eigenvalue weighted by Crippen LogP contribution is -2.16. The lowest BCUT2D eigenvalue weighted by atomic mass is 10.2. The number of pyridine rings is 1. The molecule has 0 aliphatic heterocycles. The average molecular weight is 463 g/mol. The highest BCUT2D eigenvalue weighted by atomic mass is 35.5. The molecule has 0 radical (unpaired) electrons. The largest absolute Gasteiger partial charge is 0.416 e. The van der Waals surface area contributed by atoms with Crippen LogP contribution in [-0.4, -0.2) is 30.5 Å². The summed E-state index contributed by atoms with van der Waals surface area (Å²) in [5.41, 5.74) is 0.519. The van der Waals surface area contributed by atoms with Gasteiger partial charge in [0.2, 0.25) is 0 Å². The fraction of sp³-hybridized carbons (Fsp3) is 0.238. The molecule has 0 fully saturated rings. The number of carbonyl (C=O) groups excluding carboxylic acids is 1. The van der Waals surface area contributed by atoms with Crippen molar-refractivity contribution in [2.75, 3.05) is 5.32 Å². The number of alkyl halides is 3. The normalized spacial score (nSPS) is 12.0. The maximum Gasteiger partial charge on any atom is 0.416 e. The van der Waals surface area contributed by atoms with Crippen molar-refractivity contribution in [2.45, 2.75) is 33.0 Å². The molecule has 0 saturated carbocycles. The summed E-state index contributed by atoms with van der Waals surface area (Å²) in [6.45, 7) is 5.59. The molecule has 1 aromatic carbocycles. The number of hydrogen-bond donors (Lipinski definition) is 1. The van der Waals surface area contributed by atoms with Gasteiger partial charge >= 0.3 is 6.18 Å². The monoisotopic (exact) mass is 462 g/mol. The molecule has 0 atom stereocenters. The second kappa shape index (κ2) is 7.94. The highest BCUT2D eigenvalue weighted by Crippen LogP contribution is 2.34. The van der Waals surface area contributed by atoms with Crippen molar-refractivity contribution in [1.29, 1.82) is 0 Å². The fourth-order valence-corrected chi connectivity index (χ4v) is 3.45. The topological polar surface area (TPSA) is 77.6 Å². The number of benzene rings is 1. The van der Waals surface area contributed by atoms with E-state index in [1.54, 1.807) is 23.9 Å². The number of halogens is 4. The molecule has 1 amide bonds. The Hall–Kier alpha value is -3.40. The standard InChI is InChI=1S/C21H18ClF3N6O/c1-11(2)30-19-13(10-27-30)7-14(9-26-19)20(32)28-18-6-12(3)29-31(18)17-8-15(21(23,24)25)4-5-16(17)22/h4-11H,1-3H3,(H,28,32). The van der Waals surface area contributed by atoms with Gasteiger partial charge in [0.25, 0.3) is 5.91 Å². The van der Waals surface area contributed by atoms with Gasteiger partial charge in [0.05, 0.1) is 33.7 Å². The Bertz CT molecular complexity index is 1330. The van der Waals surface area contributed by atoms with Gasteiger partial charge in [-0.3, -0.25) is 4.79 Å². The Labute approximate surface area is 185 Å². The summed E-state index contributed by atoms with van der Waals surface area (Å²) in [6.07, 6.45) is -1.51. The van der Waals surface area contributed by atoms with Gasteiger partial charge in [-0.25, -0.2) is 14.3 Å². The van der Waals surface area contributed by atoms with Gasteiger partial charge in [0, 0.05) is 23.7 Å². The number of aryl methyl sites for hydroxylation is 1. The molecule has 166 valence electrons. The average Bonchev–Trinajstić information content (AvgIpc) is 3.30. The molecule has 7 nitrogen and oxygen atoms in total. The van der Waals surface area contributed by atoms with E-state index < -0.39 is 17.6 Å². The van der Waals surface area contributed by atoms with E-state index in [2.05, 4.69) is 20.5 Å². The molecule has 0 spiro atoms. The summed E-state index contributed by atoms with van der Waals surface area (Å²) >= 11 is 6.15. The number of amides is 1. The first-order valence-electron chi connectivity index (χ1n) is 9.63. The van der Waals surface area contributed by atoms with Crippen molar-refractivity contribution in [3.63, 3.8) is 0 Å². The number of carbonyl (C=O) groups is 1. The smallest absolute Gasteiger partial charge is 0.306 e. The lowest BCUT2D eigenvalue weighted by molar-refractivity contribution is -0.137. The predicted octanol–water partition coefficient (Wildman–Crippen LogP) is 5.43. The summed E-state index contributed by atoms with van der Waals surface area (Å²) in [5.74, 6) is -0.326. The van der Waals surface area contributed by atoms with Crippen LogP contribution >= 0.6 is 11.6 Å². The third-order valence-corrected chi connectivity index (χ3v) is 5.08. The van der Waals surface area contributed by atoms with Crippen molar-refractivity contribution in [3.05, 3.63) is 64.6 Å². The van der Waals surface area contributed by atoms with E-state index in [4.69, 9.17) is 11.6 Å². The van der Waals surface area contributed by atoms with Crippen molar-refractivity contribution in [3.8, 4) is 5.69 Å². The predicted molar refractivity (Wildman–Crippen MR) is 114 cm³/mol. The maximum atomic E-state index is 13.2. The Kier molecular flexibility index (Phi) is 5.41. The summed E-state index contributed by atoms with van der Waals surface area (Å²) in [5, 5.41) is 11.9. The minimum atomic E-state index is -4.55. The van der Waals surface area contributed by atoms with Gasteiger partial charge in [0.1, 0.15) is 5.82 Å². The molecule has 4 rings (SSSR count). The molecule has 3 heterocycles. The highest BCUT2D eigenvalue weighted by Gasteiger charge is 2.31. The first kappa shape index (κ1) is 21.8. The zero-order valence-electron chi connectivity index (χ0n) is 17.3. The summed E-state index contributed by atoms with van der Waals surface area (Å²) in [6, 6.07) is 6.21. The van der Waals surface area contributed by atoms with Crippen LogP contribution in [0.25, 0.3) is 16.7 Å². The molecule has 0 aliphatic carbocycles. The number of nitrogens with zero attached hydrogens (tertiary/aromatic N) is 5. The Morgan fingerprint density at radius 3 is 2.59 bits per heavy atom. The minimum Gasteiger partial charge on any atom is -0.306 e. The van der Waals surface area contributed by atoms with Crippen LogP contribution in [0.5, 0.6) is 0 Å². The van der Waals surface area contributed by atoms with Crippen LogP contribution in [0.4, 0.5) is 19.0 Å². The first-order valence-corrected chi connectivity index (χ1v) is 10.0. The van der Waals surface area contributed by atoms with Crippen LogP contribution in [0.1, 0.15) is 41.5 Å². The molecule has 0 unspecified atom stereocenters. The fourth-order valence-electron chi connectivity index (χ4n) is 3.25. The van der Waals surface area contributed by atoms with Gasteiger partial charge in [-0.1, -0.05) is 11.6 Å². The maximum absolute atomic E-state index is 13.2. The lowest BCUT2D eigenvalue weighted by Gasteiger charge is -2.13. The summed E-state index contributed by atoms with van der Waals surface area (Å²) < 4.78 is 42.4. The van der Waals surface area contributed by atoms with E-state index in [-0.39, 0.29) is 28.1 Å². The third-order valence-electron chi connectivity index (χ3n) is 4.76. The van der Waals surface area contributed by atoms with E-state index in [9.17, 15) is 18.0 Å². The Morgan fingerprint density at radius 1 is 1.16 bits per heavy atom. The van der Waals surface area contributed by atoms with E-state index in [0.717, 1.165) is 18.2 Å². The number of nitrogens with one attached hydrogen (secondary N) is 1. The molecule has 0 saturated heterocycles. The van der Waals surface area contributed by atoms with Crippen LogP contribution in [0, 0.1) is 6.92 Å². The second-order valence-corrected chi connectivity index (χ2v) is 7.93. The van der Waals surface area contributed by atoms with Crippen molar-refractivity contribution >= 4 is 34.4 Å². The van der Waals surface area contributed by atoms with Crippen LogP contribution < -0.4 is 5.32 Å². The van der Waals surface area contributed by atoms with E-state index in [0.29, 0.717) is 16.7 Å². The molecule has 1 N–H and O–H groups in total. The number of aromatic nitrogens is 5. The van der Waals surface area contributed by atoms with Crippen LogP contribution in [0.3, 0.4) is 0 Å². The zero-order valence-corrected chi connectivity index (χ0v) is 18.0. The molecular formula is C21H18ClF3N6O. The van der Waals surface area contributed by atoms with E-state index in [1.807, 2.05) is 13.8 Å². The SMILES string of the molecule is Cc1cc(NC(=O)c2cnc3c(cnn3C(C)C)c2)n(-c2cc(C(F)(F)F)ccc2Cl)n1.